The zero-order valence-electron chi connectivity index (χ0n) is 11.0. The summed E-state index contributed by atoms with van der Waals surface area (Å²) in [4.78, 5) is 16.8. The van der Waals surface area contributed by atoms with Crippen LogP contribution in [0.2, 0.25) is 0 Å². The lowest BCUT2D eigenvalue weighted by atomic mass is 10.2. The quantitative estimate of drug-likeness (QED) is 0.749. The molecular formula is C16H14N2O2. The number of aromatic amines is 1. The number of phenols is 1. The number of H-pyrrole nitrogens is 1. The molecule has 4 heteroatoms. The van der Waals surface area contributed by atoms with Gasteiger partial charge in [0.05, 0.1) is 0 Å². The van der Waals surface area contributed by atoms with Gasteiger partial charge in [0.25, 0.3) is 5.56 Å². The molecule has 0 atom stereocenters. The molecule has 0 unspecified atom stereocenters. The number of pyridine rings is 1. The lowest BCUT2D eigenvalue weighted by Gasteiger charge is -2.19. The van der Waals surface area contributed by atoms with Gasteiger partial charge in [0.1, 0.15) is 11.4 Å². The summed E-state index contributed by atoms with van der Waals surface area (Å²) in [7, 11) is 1.83. The summed E-state index contributed by atoms with van der Waals surface area (Å²) in [5.41, 5.74) is 2.08. The Balaban J connectivity index is 2.11. The predicted octanol–water partition coefficient (Wildman–Crippen LogP) is 3.00. The summed E-state index contributed by atoms with van der Waals surface area (Å²) < 4.78 is 0. The van der Waals surface area contributed by atoms with Crippen LogP contribution in [0.4, 0.5) is 11.4 Å². The third-order valence-corrected chi connectivity index (χ3v) is 3.33. The number of aromatic nitrogens is 1. The summed E-state index contributed by atoms with van der Waals surface area (Å²) >= 11 is 0. The third-order valence-electron chi connectivity index (χ3n) is 3.33. The van der Waals surface area contributed by atoms with E-state index in [2.05, 4.69) is 4.98 Å². The van der Waals surface area contributed by atoms with E-state index in [1.807, 2.05) is 37.4 Å². The van der Waals surface area contributed by atoms with Crippen LogP contribution in [0.15, 0.2) is 59.4 Å². The van der Waals surface area contributed by atoms with Crippen LogP contribution in [0.5, 0.6) is 5.75 Å². The average molecular weight is 266 g/mol. The number of benzene rings is 2. The van der Waals surface area contributed by atoms with Crippen molar-refractivity contribution in [2.24, 2.45) is 0 Å². The number of aromatic hydroxyl groups is 1. The van der Waals surface area contributed by atoms with Gasteiger partial charge in [0.15, 0.2) is 0 Å². The number of nitrogens with one attached hydrogen (secondary N) is 1. The number of hydrogen-bond acceptors (Lipinski definition) is 3. The number of phenolic OH excluding ortho intramolecular Hbond substituents is 1. The third kappa shape index (κ3) is 2.12. The highest BCUT2D eigenvalue weighted by molar-refractivity contribution is 5.82. The molecule has 0 radical (unpaired) electrons. The molecule has 0 amide bonds. The number of hydrogen-bond donors (Lipinski definition) is 2. The maximum atomic E-state index is 12.2. The van der Waals surface area contributed by atoms with Crippen molar-refractivity contribution in [3.05, 3.63) is 65.0 Å². The predicted molar refractivity (Wildman–Crippen MR) is 80.7 cm³/mol. The van der Waals surface area contributed by atoms with Crippen molar-refractivity contribution < 1.29 is 5.11 Å². The molecular weight excluding hydrogens is 252 g/mol. The molecule has 0 saturated carbocycles. The smallest absolute Gasteiger partial charge is 0.272 e. The van der Waals surface area contributed by atoms with Crippen LogP contribution in [0.25, 0.3) is 10.9 Å². The van der Waals surface area contributed by atoms with Gasteiger partial charge in [-0.2, -0.15) is 0 Å². The van der Waals surface area contributed by atoms with Gasteiger partial charge < -0.3 is 15.0 Å². The van der Waals surface area contributed by atoms with Crippen molar-refractivity contribution in [3.8, 4) is 5.75 Å². The van der Waals surface area contributed by atoms with Crippen LogP contribution in [0.1, 0.15) is 0 Å². The highest BCUT2D eigenvalue weighted by Crippen LogP contribution is 2.24. The zero-order chi connectivity index (χ0) is 14.1. The molecule has 0 saturated heterocycles. The first-order chi connectivity index (χ1) is 9.65. The minimum atomic E-state index is -0.140. The fourth-order valence-corrected chi connectivity index (χ4v) is 2.20. The monoisotopic (exact) mass is 266 g/mol. The summed E-state index contributed by atoms with van der Waals surface area (Å²) in [5, 5.41) is 10.3. The molecule has 100 valence electrons. The van der Waals surface area contributed by atoms with Crippen LogP contribution >= 0.6 is 0 Å². The van der Waals surface area contributed by atoms with Crippen molar-refractivity contribution in [2.75, 3.05) is 11.9 Å². The minimum absolute atomic E-state index is 0.140. The second kappa shape index (κ2) is 4.74. The first-order valence-corrected chi connectivity index (χ1v) is 6.30. The molecule has 3 rings (SSSR count). The van der Waals surface area contributed by atoms with Gasteiger partial charge in [0, 0.05) is 23.6 Å². The van der Waals surface area contributed by atoms with Gasteiger partial charge in [-0.15, -0.1) is 0 Å². The molecule has 2 aromatic carbocycles. The molecule has 0 aliphatic heterocycles. The van der Waals surface area contributed by atoms with Gasteiger partial charge in [0.2, 0.25) is 0 Å². The average Bonchev–Trinajstić information content (AvgIpc) is 2.46. The Morgan fingerprint density at radius 1 is 1.05 bits per heavy atom. The molecule has 0 spiro atoms. The normalized spacial score (nSPS) is 10.7. The van der Waals surface area contributed by atoms with E-state index in [1.54, 1.807) is 29.2 Å². The van der Waals surface area contributed by atoms with Crippen LogP contribution < -0.4 is 10.5 Å². The van der Waals surface area contributed by atoms with E-state index < -0.39 is 0 Å². The number of fused-ring (bicyclic) bond motifs is 1. The SMILES string of the molecule is CN(c1ccc(O)cc1)c1cc2ccccc2[nH]c1=O. The summed E-state index contributed by atoms with van der Waals surface area (Å²) in [6.45, 7) is 0. The lowest BCUT2D eigenvalue weighted by Crippen LogP contribution is -2.20. The van der Waals surface area contributed by atoms with Crippen molar-refractivity contribution in [3.63, 3.8) is 0 Å². The largest absolute Gasteiger partial charge is 0.508 e. The van der Waals surface area contributed by atoms with E-state index in [0.717, 1.165) is 16.6 Å². The maximum Gasteiger partial charge on any atom is 0.272 e. The standard InChI is InChI=1S/C16H14N2O2/c1-18(12-6-8-13(19)9-7-12)15-10-11-4-2-3-5-14(11)17-16(15)20/h2-10,19H,1H3,(H,17,20). The Morgan fingerprint density at radius 3 is 2.50 bits per heavy atom. The first kappa shape index (κ1) is 12.3. The van der Waals surface area contributed by atoms with E-state index >= 15 is 0 Å². The Labute approximate surface area is 115 Å². The van der Waals surface area contributed by atoms with Gasteiger partial charge in [-0.05, 0) is 36.4 Å². The van der Waals surface area contributed by atoms with Crippen LogP contribution in [0.3, 0.4) is 0 Å². The number of para-hydroxylation sites is 1. The zero-order valence-corrected chi connectivity index (χ0v) is 11.0. The fraction of sp³-hybridized carbons (Fsp3) is 0.0625. The van der Waals surface area contributed by atoms with Gasteiger partial charge in [-0.1, -0.05) is 18.2 Å². The molecule has 3 aromatic rings. The topological polar surface area (TPSA) is 56.3 Å². The lowest BCUT2D eigenvalue weighted by molar-refractivity contribution is 0.475. The Morgan fingerprint density at radius 2 is 1.75 bits per heavy atom. The summed E-state index contributed by atoms with van der Waals surface area (Å²) in [5.74, 6) is 0.203. The molecule has 0 bridgehead atoms. The number of nitrogens with zero attached hydrogens (tertiary/aromatic N) is 1. The number of anilines is 2. The van der Waals surface area contributed by atoms with E-state index in [1.165, 1.54) is 0 Å². The molecule has 1 aromatic heterocycles. The maximum absolute atomic E-state index is 12.2. The minimum Gasteiger partial charge on any atom is -0.508 e. The van der Waals surface area contributed by atoms with Crippen molar-refractivity contribution >= 4 is 22.3 Å². The van der Waals surface area contributed by atoms with Crippen molar-refractivity contribution in [1.29, 1.82) is 0 Å². The van der Waals surface area contributed by atoms with E-state index in [4.69, 9.17) is 0 Å². The molecule has 1 heterocycles. The van der Waals surface area contributed by atoms with E-state index in [-0.39, 0.29) is 11.3 Å². The Kier molecular flexibility index (Phi) is 2.91. The Bertz CT molecular complexity index is 807. The second-order valence-corrected chi connectivity index (χ2v) is 4.65. The first-order valence-electron chi connectivity index (χ1n) is 6.30. The van der Waals surface area contributed by atoms with E-state index in [0.29, 0.717) is 5.69 Å². The molecule has 0 fully saturated rings. The van der Waals surface area contributed by atoms with E-state index in [9.17, 15) is 9.90 Å². The molecule has 0 aliphatic carbocycles. The molecule has 20 heavy (non-hydrogen) atoms. The van der Waals surface area contributed by atoms with Crippen molar-refractivity contribution in [2.45, 2.75) is 0 Å². The van der Waals surface area contributed by atoms with Gasteiger partial charge >= 0.3 is 0 Å². The van der Waals surface area contributed by atoms with Gasteiger partial charge in [-0.3, -0.25) is 4.79 Å². The van der Waals surface area contributed by atoms with Crippen LogP contribution in [0, 0.1) is 0 Å². The van der Waals surface area contributed by atoms with Gasteiger partial charge in [-0.25, -0.2) is 0 Å². The molecule has 2 N–H and O–H groups in total. The second-order valence-electron chi connectivity index (χ2n) is 4.65. The summed E-state index contributed by atoms with van der Waals surface area (Å²) in [6, 6.07) is 16.3. The highest BCUT2D eigenvalue weighted by atomic mass is 16.3. The van der Waals surface area contributed by atoms with Crippen LogP contribution in [-0.4, -0.2) is 17.1 Å². The molecule has 0 aliphatic rings. The summed E-state index contributed by atoms with van der Waals surface area (Å²) in [6.07, 6.45) is 0. The highest BCUT2D eigenvalue weighted by Gasteiger charge is 2.09. The number of rotatable bonds is 2. The van der Waals surface area contributed by atoms with Crippen LogP contribution in [-0.2, 0) is 0 Å². The van der Waals surface area contributed by atoms with Crippen molar-refractivity contribution in [1.82, 2.24) is 4.98 Å². The molecule has 4 nitrogen and oxygen atoms in total. The Hall–Kier alpha value is -2.75. The fourth-order valence-electron chi connectivity index (χ4n) is 2.20.